The number of nitrogens with one attached hydrogen (secondary N) is 3. The molecule has 2 saturated heterocycles. The molecule has 8 rings (SSSR count). The van der Waals surface area contributed by atoms with Crippen molar-refractivity contribution in [2.45, 2.75) is 279 Å². The Labute approximate surface area is 651 Å². The summed E-state index contributed by atoms with van der Waals surface area (Å²) in [6.45, 7) is 3.11. The van der Waals surface area contributed by atoms with Crippen LogP contribution >= 0.6 is 0 Å². The van der Waals surface area contributed by atoms with Gasteiger partial charge >= 0.3 is 12.4 Å². The standard InChI is InChI=1S/C78H119F9N12O13/c1-12-45(3)65-73(109)93(7)44-63(102)94(8)56-25-15-14-18-34-98(72(56)108)60(38-46-26-29-50(30-27-46)77(82,83)84)71(107)92(6)43-61(100)88-55(31-28-48-36-53(80)64(54(81)37-48)78(85,86)87)69(105)99-42-52(112-13-2)40-58(99)68(104)90-76(32-20-33-76)75(111)97(11)66(49-22-16-17-23-49)74(110)96(10)59(70(106)91(4)5)41-62(101)95(9)57(67(103)89-65)39-47-21-19-24-51(79)35-47/h14-15,45-60,64-66H,12-13,16-44H2,1-11H3,(H,88,100)(H,89,103)(H,90,104)/b15-14-/t45-,46?,47?,48?,50?,51?,52+,53?,54?,55-,56-,57-,58-,59-,60-,64?,65-,66-/m0/s1. The van der Waals surface area contributed by atoms with E-state index in [0.29, 0.717) is 51.4 Å². The fourth-order valence-corrected chi connectivity index (χ4v) is 18.3. The van der Waals surface area contributed by atoms with Crippen molar-refractivity contribution in [2.75, 3.05) is 89.2 Å². The van der Waals surface area contributed by atoms with Gasteiger partial charge in [0.2, 0.25) is 70.9 Å². The van der Waals surface area contributed by atoms with Crippen LogP contribution in [0.4, 0.5) is 39.5 Å². The van der Waals surface area contributed by atoms with Gasteiger partial charge in [-0.05, 0) is 159 Å². The Hall–Kier alpha value is -7.29. The lowest BCUT2D eigenvalue weighted by Crippen LogP contribution is -2.68. The van der Waals surface area contributed by atoms with Crippen molar-refractivity contribution in [3.05, 3.63) is 12.2 Å². The SMILES string of the molecule is CCO[C@@H]1C[C@H]2C(=O)NC3(CCC3)C(=O)N(C)[C@@H](C3CCCC3)C(=O)N(C)[C@H](C(=O)N(C)C)CC(=O)N(C)[C@@H](CC3CCCC(F)C3)C(=O)N[C@@H]([C@@H](C)CC)C(=O)N(C)CC(=O)N(C)[C@H]3C/C=C\CCN(C3=O)[C@@H](CC3CCC(C(F)(F)F)CC3)C(=O)N(C)CC(=O)N[C@@H](CCC3CC(F)C(C(F)(F)F)C(F)C3)C(=O)N2C1. The van der Waals surface area contributed by atoms with Gasteiger partial charge in [-0.25, -0.2) is 13.2 Å². The molecule has 14 atom stereocenters. The van der Waals surface area contributed by atoms with Gasteiger partial charge in [-0.2, -0.15) is 26.3 Å². The molecule has 5 saturated carbocycles. The first-order valence-corrected chi connectivity index (χ1v) is 40.2. The molecule has 2 bridgehead atoms. The lowest BCUT2D eigenvalue weighted by atomic mass is 9.74. The van der Waals surface area contributed by atoms with Crippen LogP contribution in [-0.2, 0) is 62.3 Å². The molecular formula is C78H119F9N12O13. The summed E-state index contributed by atoms with van der Waals surface area (Å²) in [6.07, 6.45) is -13.7. The topological polar surface area (TPSA) is 279 Å². The molecule has 12 amide bonds. The number of carbonyl (C=O) groups is 12. The zero-order chi connectivity index (χ0) is 82.8. The van der Waals surface area contributed by atoms with Crippen LogP contribution in [0.3, 0.4) is 0 Å². The number of nitrogens with zero attached hydrogens (tertiary/aromatic N) is 9. The van der Waals surface area contributed by atoms with E-state index >= 15 is 51.5 Å². The van der Waals surface area contributed by atoms with E-state index in [4.69, 9.17) is 4.74 Å². The Bertz CT molecular complexity index is 3360. The molecule has 0 aromatic rings. The van der Waals surface area contributed by atoms with Gasteiger partial charge in [0.05, 0.1) is 31.5 Å². The number of halogens is 9. The molecule has 4 unspecified atom stereocenters. The Morgan fingerprint density at radius 2 is 1.24 bits per heavy atom. The lowest BCUT2D eigenvalue weighted by Gasteiger charge is -2.46. The van der Waals surface area contributed by atoms with Gasteiger partial charge in [-0.3, -0.25) is 57.5 Å². The normalized spacial score (nSPS) is 33.4. The van der Waals surface area contributed by atoms with Gasteiger partial charge in [0.15, 0.2) is 0 Å². The van der Waals surface area contributed by atoms with Crippen LogP contribution in [0.5, 0.6) is 0 Å². The Morgan fingerprint density at radius 3 is 1.82 bits per heavy atom. The highest BCUT2D eigenvalue weighted by molar-refractivity contribution is 6.01. The summed E-state index contributed by atoms with van der Waals surface area (Å²) >= 11 is 0. The van der Waals surface area contributed by atoms with E-state index in [1.807, 2.05) is 0 Å². The average molecular weight is 1600 g/mol. The van der Waals surface area contributed by atoms with Crippen molar-refractivity contribution in [3.63, 3.8) is 0 Å². The summed E-state index contributed by atoms with van der Waals surface area (Å²) in [5, 5.41) is 8.40. The number of alkyl halides is 9. The molecule has 1 spiro atoms. The number of rotatable bonds is 13. The summed E-state index contributed by atoms with van der Waals surface area (Å²) in [6, 6.07) is -11.7. The van der Waals surface area contributed by atoms with Crippen LogP contribution < -0.4 is 16.0 Å². The van der Waals surface area contributed by atoms with E-state index in [9.17, 15) is 45.5 Å². The van der Waals surface area contributed by atoms with E-state index < -0.39 is 242 Å². The van der Waals surface area contributed by atoms with Crippen LogP contribution in [0.15, 0.2) is 12.2 Å². The van der Waals surface area contributed by atoms with E-state index in [0.717, 1.165) is 29.4 Å². The minimum absolute atomic E-state index is 0.0166. The summed E-state index contributed by atoms with van der Waals surface area (Å²) in [5.74, 6) is -17.7. The molecule has 34 heteroatoms. The van der Waals surface area contributed by atoms with Gasteiger partial charge in [-0.15, -0.1) is 0 Å². The van der Waals surface area contributed by atoms with Crippen molar-refractivity contribution in [1.82, 2.24) is 60.0 Å². The second-order valence-corrected chi connectivity index (χ2v) is 33.4. The van der Waals surface area contributed by atoms with Crippen molar-refractivity contribution in [3.8, 4) is 0 Å². The molecule has 632 valence electrons. The van der Waals surface area contributed by atoms with Gasteiger partial charge in [0.1, 0.15) is 78.3 Å². The summed E-state index contributed by atoms with van der Waals surface area (Å²) < 4.78 is 137. The predicted octanol–water partition coefficient (Wildman–Crippen LogP) is 7.22. The first-order valence-electron chi connectivity index (χ1n) is 40.2. The van der Waals surface area contributed by atoms with Crippen LogP contribution in [-0.4, -0.2) is 295 Å². The van der Waals surface area contributed by atoms with Gasteiger partial charge in [0, 0.05) is 82.5 Å². The largest absolute Gasteiger partial charge is 0.397 e. The number of hydrogen-bond donors (Lipinski definition) is 3. The maximum Gasteiger partial charge on any atom is 0.397 e. The first kappa shape index (κ1) is 90.2. The Balaban J connectivity index is 1.21. The first-order chi connectivity index (χ1) is 52.6. The summed E-state index contributed by atoms with van der Waals surface area (Å²) in [5.41, 5.74) is -1.72. The number of likely N-dealkylation sites (N-methyl/N-ethyl adjacent to an activating group) is 7. The monoisotopic (exact) mass is 1600 g/mol. The fraction of sp³-hybridized carbons (Fsp3) is 0.821. The average Bonchev–Trinajstić information content (AvgIpc) is 1.40. The molecule has 0 aromatic heterocycles. The van der Waals surface area contributed by atoms with E-state index in [1.54, 1.807) is 32.9 Å². The highest BCUT2D eigenvalue weighted by Crippen LogP contribution is 2.46. The predicted molar refractivity (Wildman–Crippen MR) is 393 cm³/mol. The minimum Gasteiger partial charge on any atom is -0.377 e. The van der Waals surface area contributed by atoms with Crippen molar-refractivity contribution >= 4 is 70.9 Å². The third-order valence-electron chi connectivity index (χ3n) is 25.5. The molecular weight excluding hydrogens is 1480 g/mol. The number of amides is 12. The van der Waals surface area contributed by atoms with Crippen molar-refractivity contribution < 1.29 is 102 Å². The number of fused-ring (bicyclic) bond motifs is 3. The van der Waals surface area contributed by atoms with Gasteiger partial charge < -0.3 is 64.8 Å². The summed E-state index contributed by atoms with van der Waals surface area (Å²) in [4.78, 5) is 192. The van der Waals surface area contributed by atoms with Crippen molar-refractivity contribution in [2.24, 2.45) is 41.4 Å². The highest BCUT2D eigenvalue weighted by atomic mass is 19.4. The molecule has 112 heavy (non-hydrogen) atoms. The second kappa shape index (κ2) is 38.9. The smallest absolute Gasteiger partial charge is 0.377 e. The van der Waals surface area contributed by atoms with Crippen LogP contribution in [0.2, 0.25) is 0 Å². The lowest BCUT2D eigenvalue weighted by molar-refractivity contribution is -0.219. The quantitative estimate of drug-likeness (QED) is 0.121. The number of carbonyl (C=O) groups excluding carboxylic acids is 12. The van der Waals surface area contributed by atoms with E-state index in [-0.39, 0.29) is 110 Å². The molecule has 7 fully saturated rings. The second-order valence-electron chi connectivity index (χ2n) is 33.4. The molecule has 0 aromatic carbocycles. The molecule has 3 N–H and O–H groups in total. The third kappa shape index (κ3) is 21.8. The third-order valence-corrected chi connectivity index (χ3v) is 25.5. The molecule has 3 aliphatic heterocycles. The zero-order valence-electron chi connectivity index (χ0n) is 66.8. The Morgan fingerprint density at radius 1 is 0.607 bits per heavy atom. The molecule has 0 radical (unpaired) electrons. The zero-order valence-corrected chi connectivity index (χ0v) is 66.8. The highest BCUT2D eigenvalue weighted by Gasteiger charge is 2.56. The van der Waals surface area contributed by atoms with E-state index in [1.165, 1.54) is 71.1 Å². The van der Waals surface area contributed by atoms with Gasteiger partial charge in [-0.1, -0.05) is 58.1 Å². The molecule has 8 aliphatic rings. The molecule has 3 heterocycles. The maximum absolute atomic E-state index is 15.6. The van der Waals surface area contributed by atoms with Crippen LogP contribution in [0, 0.1) is 41.4 Å². The van der Waals surface area contributed by atoms with Crippen molar-refractivity contribution in [1.29, 1.82) is 0 Å². The number of hydrogen-bond acceptors (Lipinski definition) is 13. The Kier molecular flexibility index (Phi) is 31.3. The molecule has 5 aliphatic carbocycles. The number of ether oxygens (including phenoxy) is 1. The van der Waals surface area contributed by atoms with Gasteiger partial charge in [0.25, 0.3) is 0 Å². The fourth-order valence-electron chi connectivity index (χ4n) is 18.3. The maximum atomic E-state index is 15.6. The van der Waals surface area contributed by atoms with Crippen LogP contribution in [0.25, 0.3) is 0 Å². The van der Waals surface area contributed by atoms with E-state index in [2.05, 4.69) is 16.0 Å². The minimum atomic E-state index is -5.22. The summed E-state index contributed by atoms with van der Waals surface area (Å²) in [7, 11) is 10.7. The van der Waals surface area contributed by atoms with Crippen LogP contribution in [0.1, 0.15) is 188 Å². The molecule has 25 nitrogen and oxygen atoms in total.